The van der Waals surface area contributed by atoms with Gasteiger partial charge in [-0.1, -0.05) is 15.9 Å². The van der Waals surface area contributed by atoms with Gasteiger partial charge >= 0.3 is 0 Å². The van der Waals surface area contributed by atoms with Gasteiger partial charge in [0.2, 0.25) is 5.91 Å². The second kappa shape index (κ2) is 5.60. The zero-order chi connectivity index (χ0) is 12.3. The minimum atomic E-state index is -0.370. The number of ether oxygens (including phenoxy) is 1. The molecule has 1 aromatic rings. The van der Waals surface area contributed by atoms with Crippen molar-refractivity contribution in [1.29, 1.82) is 0 Å². The van der Waals surface area contributed by atoms with Gasteiger partial charge in [-0.3, -0.25) is 4.79 Å². The van der Waals surface area contributed by atoms with Gasteiger partial charge in [0.1, 0.15) is 11.9 Å². The molecule has 0 saturated carbocycles. The maximum absolute atomic E-state index is 13.4. The summed E-state index contributed by atoms with van der Waals surface area (Å²) in [6, 6.07) is 4.66. The van der Waals surface area contributed by atoms with Crippen molar-refractivity contribution < 1.29 is 13.9 Å². The van der Waals surface area contributed by atoms with Gasteiger partial charge in [-0.15, -0.1) is 0 Å². The van der Waals surface area contributed by atoms with E-state index in [1.807, 2.05) is 0 Å². The average molecular weight is 302 g/mol. The standard InChI is InChI=1S/C12H13BrFNO2/c13-9-3-4-10(14)8(6-9)7-15-12(16)11-2-1-5-17-11/h3-4,6,11H,1-2,5,7H2,(H,15,16)/t11-/m1/s1. The first-order valence-corrected chi connectivity index (χ1v) is 6.29. The zero-order valence-electron chi connectivity index (χ0n) is 9.21. The molecule has 0 aromatic heterocycles. The zero-order valence-corrected chi connectivity index (χ0v) is 10.8. The highest BCUT2D eigenvalue weighted by Gasteiger charge is 2.23. The van der Waals surface area contributed by atoms with Gasteiger partial charge in [0.15, 0.2) is 0 Å². The molecule has 1 saturated heterocycles. The van der Waals surface area contributed by atoms with E-state index in [0.29, 0.717) is 12.2 Å². The fourth-order valence-electron chi connectivity index (χ4n) is 1.76. The van der Waals surface area contributed by atoms with E-state index in [0.717, 1.165) is 17.3 Å². The van der Waals surface area contributed by atoms with Crippen LogP contribution in [-0.4, -0.2) is 18.6 Å². The number of benzene rings is 1. The third-order valence-electron chi connectivity index (χ3n) is 2.68. The second-order valence-electron chi connectivity index (χ2n) is 3.96. The SMILES string of the molecule is O=C(NCc1cc(Br)ccc1F)[C@H]1CCCO1. The monoisotopic (exact) mass is 301 g/mol. The summed E-state index contributed by atoms with van der Waals surface area (Å²) in [7, 11) is 0. The van der Waals surface area contributed by atoms with Gasteiger partial charge < -0.3 is 10.1 Å². The molecule has 1 atom stereocenters. The smallest absolute Gasteiger partial charge is 0.249 e. The predicted molar refractivity (Wildman–Crippen MR) is 64.9 cm³/mol. The Hall–Kier alpha value is -0.940. The van der Waals surface area contributed by atoms with Crippen molar-refractivity contribution in [3.8, 4) is 0 Å². The molecule has 1 aliphatic heterocycles. The number of carbonyl (C=O) groups excluding carboxylic acids is 1. The minimum absolute atomic E-state index is 0.165. The highest BCUT2D eigenvalue weighted by atomic mass is 79.9. The van der Waals surface area contributed by atoms with Crippen LogP contribution in [0.4, 0.5) is 4.39 Å². The molecule has 17 heavy (non-hydrogen) atoms. The Morgan fingerprint density at radius 2 is 2.41 bits per heavy atom. The lowest BCUT2D eigenvalue weighted by Crippen LogP contribution is -2.33. The summed E-state index contributed by atoms with van der Waals surface area (Å²) in [4.78, 5) is 11.6. The van der Waals surface area contributed by atoms with Crippen LogP contribution < -0.4 is 5.32 Å². The minimum Gasteiger partial charge on any atom is -0.368 e. The van der Waals surface area contributed by atoms with Gasteiger partial charge in [0.25, 0.3) is 0 Å². The first kappa shape index (κ1) is 12.5. The first-order valence-electron chi connectivity index (χ1n) is 5.50. The number of halogens is 2. The number of nitrogens with one attached hydrogen (secondary N) is 1. The van der Waals surface area contributed by atoms with Crippen LogP contribution in [0, 0.1) is 5.82 Å². The van der Waals surface area contributed by atoms with E-state index in [1.165, 1.54) is 6.07 Å². The fraction of sp³-hybridized carbons (Fsp3) is 0.417. The van der Waals surface area contributed by atoms with E-state index in [2.05, 4.69) is 21.2 Å². The van der Waals surface area contributed by atoms with E-state index >= 15 is 0 Å². The van der Waals surface area contributed by atoms with Crippen LogP contribution in [-0.2, 0) is 16.1 Å². The number of rotatable bonds is 3. The fourth-order valence-corrected chi connectivity index (χ4v) is 2.17. The second-order valence-corrected chi connectivity index (χ2v) is 4.87. The Bertz CT molecular complexity index is 419. The predicted octanol–water partition coefficient (Wildman–Crippen LogP) is 2.38. The lowest BCUT2D eigenvalue weighted by atomic mass is 10.2. The van der Waals surface area contributed by atoms with Crippen molar-refractivity contribution in [1.82, 2.24) is 5.32 Å². The van der Waals surface area contributed by atoms with Crippen molar-refractivity contribution in [2.75, 3.05) is 6.61 Å². The topological polar surface area (TPSA) is 38.3 Å². The van der Waals surface area contributed by atoms with E-state index < -0.39 is 0 Å². The molecular formula is C12H13BrFNO2. The lowest BCUT2D eigenvalue weighted by molar-refractivity contribution is -0.130. The summed E-state index contributed by atoms with van der Waals surface area (Å²) in [6.07, 6.45) is 1.28. The number of hydrogen-bond acceptors (Lipinski definition) is 2. The summed E-state index contributed by atoms with van der Waals surface area (Å²) >= 11 is 3.27. The summed E-state index contributed by atoms with van der Waals surface area (Å²) in [5.41, 5.74) is 0.464. The number of amides is 1. The molecule has 1 N–H and O–H groups in total. The van der Waals surface area contributed by atoms with Crippen molar-refractivity contribution in [3.63, 3.8) is 0 Å². The third kappa shape index (κ3) is 3.26. The van der Waals surface area contributed by atoms with Crippen LogP contribution >= 0.6 is 15.9 Å². The molecule has 1 heterocycles. The summed E-state index contributed by atoms with van der Waals surface area (Å²) in [5.74, 6) is -0.484. The molecule has 0 spiro atoms. The summed E-state index contributed by atoms with van der Waals surface area (Å²) in [5, 5.41) is 2.68. The van der Waals surface area contributed by atoms with E-state index in [1.54, 1.807) is 12.1 Å². The lowest BCUT2D eigenvalue weighted by Gasteiger charge is -2.11. The molecule has 3 nitrogen and oxygen atoms in total. The van der Waals surface area contributed by atoms with Crippen LogP contribution in [0.5, 0.6) is 0 Å². The molecule has 0 radical (unpaired) electrons. The Morgan fingerprint density at radius 1 is 1.59 bits per heavy atom. The largest absolute Gasteiger partial charge is 0.368 e. The number of hydrogen-bond donors (Lipinski definition) is 1. The van der Waals surface area contributed by atoms with E-state index in [-0.39, 0.29) is 24.4 Å². The van der Waals surface area contributed by atoms with Gasteiger partial charge in [0.05, 0.1) is 0 Å². The van der Waals surface area contributed by atoms with Crippen LogP contribution in [0.1, 0.15) is 18.4 Å². The quantitative estimate of drug-likeness (QED) is 0.931. The van der Waals surface area contributed by atoms with Crippen molar-refractivity contribution in [2.24, 2.45) is 0 Å². The maximum atomic E-state index is 13.4. The molecule has 2 rings (SSSR count). The van der Waals surface area contributed by atoms with Gasteiger partial charge in [-0.2, -0.15) is 0 Å². The normalized spacial score (nSPS) is 19.3. The molecule has 1 aromatic carbocycles. The third-order valence-corrected chi connectivity index (χ3v) is 3.18. The van der Waals surface area contributed by atoms with Crippen LogP contribution in [0.2, 0.25) is 0 Å². The van der Waals surface area contributed by atoms with Crippen LogP contribution in [0.15, 0.2) is 22.7 Å². The molecule has 0 bridgehead atoms. The van der Waals surface area contributed by atoms with Crippen molar-refractivity contribution in [3.05, 3.63) is 34.1 Å². The maximum Gasteiger partial charge on any atom is 0.249 e. The molecule has 1 aliphatic rings. The van der Waals surface area contributed by atoms with Crippen LogP contribution in [0.25, 0.3) is 0 Å². The van der Waals surface area contributed by atoms with E-state index in [4.69, 9.17) is 4.74 Å². The summed E-state index contributed by atoms with van der Waals surface area (Å²) < 4.78 is 19.4. The molecular weight excluding hydrogens is 289 g/mol. The molecule has 92 valence electrons. The van der Waals surface area contributed by atoms with E-state index in [9.17, 15) is 9.18 Å². The molecule has 0 unspecified atom stereocenters. The highest BCUT2D eigenvalue weighted by molar-refractivity contribution is 9.10. The Balaban J connectivity index is 1.92. The van der Waals surface area contributed by atoms with Crippen LogP contribution in [0.3, 0.4) is 0 Å². The molecule has 1 amide bonds. The van der Waals surface area contributed by atoms with Gasteiger partial charge in [-0.25, -0.2) is 4.39 Å². The van der Waals surface area contributed by atoms with Gasteiger partial charge in [0, 0.05) is 23.2 Å². The highest BCUT2D eigenvalue weighted by Crippen LogP contribution is 2.16. The average Bonchev–Trinajstić information content (AvgIpc) is 2.83. The summed E-state index contributed by atoms with van der Waals surface area (Å²) in [6.45, 7) is 0.813. The molecule has 1 fully saturated rings. The first-order chi connectivity index (χ1) is 8.16. The molecule has 0 aliphatic carbocycles. The molecule has 5 heteroatoms. The van der Waals surface area contributed by atoms with Crippen molar-refractivity contribution >= 4 is 21.8 Å². The Morgan fingerprint density at radius 3 is 3.12 bits per heavy atom. The Labute approximate surface area is 107 Å². The number of carbonyl (C=O) groups is 1. The van der Waals surface area contributed by atoms with Gasteiger partial charge in [-0.05, 0) is 31.0 Å². The Kier molecular flexibility index (Phi) is 4.12. The van der Waals surface area contributed by atoms with Crippen molar-refractivity contribution in [2.45, 2.75) is 25.5 Å².